The second-order valence-electron chi connectivity index (χ2n) is 5.65. The summed E-state index contributed by atoms with van der Waals surface area (Å²) < 4.78 is 25.2. The lowest BCUT2D eigenvalue weighted by Crippen LogP contribution is -2.26. The van der Waals surface area contributed by atoms with Crippen LogP contribution in [0.25, 0.3) is 0 Å². The molecule has 0 radical (unpaired) electrons. The molecule has 0 heterocycles. The van der Waals surface area contributed by atoms with Gasteiger partial charge in [-0.05, 0) is 49.2 Å². The average Bonchev–Trinajstić information content (AvgIpc) is 2.48. The molecule has 24 heavy (non-hydrogen) atoms. The molecular formula is C17H19ClN2O3S. The molecule has 2 aromatic carbocycles. The van der Waals surface area contributed by atoms with Gasteiger partial charge in [0.1, 0.15) is 0 Å². The van der Waals surface area contributed by atoms with Crippen molar-refractivity contribution in [3.05, 3.63) is 64.2 Å². The number of rotatable bonds is 5. The van der Waals surface area contributed by atoms with Gasteiger partial charge in [-0.25, -0.2) is 8.42 Å². The smallest absolute Gasteiger partial charge is 0.251 e. The van der Waals surface area contributed by atoms with E-state index in [1.54, 1.807) is 31.2 Å². The van der Waals surface area contributed by atoms with Crippen molar-refractivity contribution in [1.29, 1.82) is 0 Å². The number of nitrogens with one attached hydrogen (secondary N) is 2. The maximum atomic E-state index is 12.4. The SMILES string of the molecule is Cc1ccc(C(=O)NC(C)c2cccc(Cl)c2)cc1NS(C)(=O)=O. The van der Waals surface area contributed by atoms with Crippen LogP contribution in [0.3, 0.4) is 0 Å². The molecule has 2 N–H and O–H groups in total. The van der Waals surface area contributed by atoms with Gasteiger partial charge >= 0.3 is 0 Å². The molecule has 2 rings (SSSR count). The van der Waals surface area contributed by atoms with E-state index < -0.39 is 10.0 Å². The average molecular weight is 367 g/mol. The van der Waals surface area contributed by atoms with Crippen LogP contribution in [0, 0.1) is 6.92 Å². The Balaban J connectivity index is 2.19. The Morgan fingerprint density at radius 1 is 1.17 bits per heavy atom. The molecule has 128 valence electrons. The van der Waals surface area contributed by atoms with Gasteiger partial charge in [0.15, 0.2) is 0 Å². The van der Waals surface area contributed by atoms with Crippen molar-refractivity contribution in [2.24, 2.45) is 0 Å². The molecule has 0 aliphatic rings. The molecule has 1 atom stereocenters. The van der Waals surface area contributed by atoms with E-state index in [0.717, 1.165) is 17.4 Å². The fourth-order valence-corrected chi connectivity index (χ4v) is 3.03. The highest BCUT2D eigenvalue weighted by Crippen LogP contribution is 2.20. The van der Waals surface area contributed by atoms with Crippen molar-refractivity contribution in [2.45, 2.75) is 19.9 Å². The number of sulfonamides is 1. The maximum Gasteiger partial charge on any atom is 0.251 e. The first-order valence-corrected chi connectivity index (χ1v) is 9.57. The summed E-state index contributed by atoms with van der Waals surface area (Å²) in [6.45, 7) is 3.62. The molecule has 0 saturated heterocycles. The predicted octanol–water partition coefficient (Wildman–Crippen LogP) is 3.51. The van der Waals surface area contributed by atoms with Crippen molar-refractivity contribution in [3.8, 4) is 0 Å². The number of anilines is 1. The van der Waals surface area contributed by atoms with Crippen LogP contribution >= 0.6 is 11.6 Å². The number of aryl methyl sites for hydroxylation is 1. The molecule has 7 heteroatoms. The zero-order valence-corrected chi connectivity index (χ0v) is 15.2. The highest BCUT2D eigenvalue weighted by molar-refractivity contribution is 7.92. The van der Waals surface area contributed by atoms with E-state index in [0.29, 0.717) is 16.3 Å². The molecule has 0 aromatic heterocycles. The summed E-state index contributed by atoms with van der Waals surface area (Å²) in [5.41, 5.74) is 2.39. The van der Waals surface area contributed by atoms with Crippen LogP contribution in [-0.4, -0.2) is 20.6 Å². The summed E-state index contributed by atoms with van der Waals surface area (Å²) in [6.07, 6.45) is 1.07. The van der Waals surface area contributed by atoms with Gasteiger partial charge in [-0.15, -0.1) is 0 Å². The Hall–Kier alpha value is -2.05. The Labute approximate surface area is 147 Å². The van der Waals surface area contributed by atoms with Gasteiger partial charge in [0.05, 0.1) is 18.0 Å². The molecule has 2 aromatic rings. The number of carbonyl (C=O) groups excluding carboxylic acids is 1. The van der Waals surface area contributed by atoms with Crippen LogP contribution in [0.15, 0.2) is 42.5 Å². The van der Waals surface area contributed by atoms with Crippen molar-refractivity contribution < 1.29 is 13.2 Å². The molecule has 1 amide bonds. The minimum atomic E-state index is -3.41. The molecule has 0 aliphatic carbocycles. The lowest BCUT2D eigenvalue weighted by Gasteiger charge is -2.16. The molecule has 0 spiro atoms. The van der Waals surface area contributed by atoms with Gasteiger partial charge in [0, 0.05) is 10.6 Å². The summed E-state index contributed by atoms with van der Waals surface area (Å²) >= 11 is 5.96. The molecule has 0 saturated carbocycles. The summed E-state index contributed by atoms with van der Waals surface area (Å²) in [7, 11) is -3.41. The van der Waals surface area contributed by atoms with Gasteiger partial charge in [-0.1, -0.05) is 29.8 Å². The van der Waals surface area contributed by atoms with E-state index in [1.807, 2.05) is 19.1 Å². The zero-order chi connectivity index (χ0) is 17.9. The molecule has 5 nitrogen and oxygen atoms in total. The van der Waals surface area contributed by atoms with Crippen LogP contribution < -0.4 is 10.0 Å². The summed E-state index contributed by atoms with van der Waals surface area (Å²) in [4.78, 5) is 12.4. The normalized spacial score (nSPS) is 12.5. The van der Waals surface area contributed by atoms with Crippen molar-refractivity contribution >= 4 is 33.2 Å². The van der Waals surface area contributed by atoms with Gasteiger partial charge in [-0.2, -0.15) is 0 Å². The third-order valence-corrected chi connectivity index (χ3v) is 4.32. The molecule has 1 unspecified atom stereocenters. The van der Waals surface area contributed by atoms with Crippen LogP contribution in [0.1, 0.15) is 34.5 Å². The van der Waals surface area contributed by atoms with E-state index in [-0.39, 0.29) is 11.9 Å². The second-order valence-corrected chi connectivity index (χ2v) is 7.84. The quantitative estimate of drug-likeness (QED) is 0.850. The van der Waals surface area contributed by atoms with Gasteiger partial charge < -0.3 is 5.32 Å². The van der Waals surface area contributed by atoms with Crippen molar-refractivity contribution in [1.82, 2.24) is 5.32 Å². The fraction of sp³-hybridized carbons (Fsp3) is 0.235. The van der Waals surface area contributed by atoms with Crippen LogP contribution in [0.5, 0.6) is 0 Å². The number of hydrogen-bond donors (Lipinski definition) is 2. The van der Waals surface area contributed by atoms with Crippen LogP contribution in [0.2, 0.25) is 5.02 Å². The summed E-state index contributed by atoms with van der Waals surface area (Å²) in [5.74, 6) is -0.293. The highest BCUT2D eigenvalue weighted by atomic mass is 35.5. The summed E-state index contributed by atoms with van der Waals surface area (Å²) in [5, 5.41) is 3.47. The monoisotopic (exact) mass is 366 g/mol. The standard InChI is InChI=1S/C17H19ClN2O3S/c1-11-7-8-14(10-16(11)20-24(3,22)23)17(21)19-12(2)13-5-4-6-15(18)9-13/h4-10,12,20H,1-3H3,(H,19,21). The second kappa shape index (κ2) is 7.23. The van der Waals surface area contributed by atoms with E-state index >= 15 is 0 Å². The lowest BCUT2D eigenvalue weighted by atomic mass is 10.1. The Bertz CT molecular complexity index is 866. The maximum absolute atomic E-state index is 12.4. The minimum absolute atomic E-state index is 0.233. The van der Waals surface area contributed by atoms with Crippen molar-refractivity contribution in [2.75, 3.05) is 11.0 Å². The highest BCUT2D eigenvalue weighted by Gasteiger charge is 2.14. The van der Waals surface area contributed by atoms with Gasteiger partial charge in [0.25, 0.3) is 5.91 Å². The summed E-state index contributed by atoms with van der Waals surface area (Å²) in [6, 6.07) is 11.9. The Morgan fingerprint density at radius 3 is 2.50 bits per heavy atom. The van der Waals surface area contributed by atoms with Gasteiger partial charge in [0.2, 0.25) is 10.0 Å². The Kier molecular flexibility index (Phi) is 5.51. The topological polar surface area (TPSA) is 75.3 Å². The predicted molar refractivity (Wildman–Crippen MR) is 97.0 cm³/mol. The number of halogens is 1. The van der Waals surface area contributed by atoms with Crippen LogP contribution in [0.4, 0.5) is 5.69 Å². The molecular weight excluding hydrogens is 348 g/mol. The van der Waals surface area contributed by atoms with E-state index in [1.165, 1.54) is 6.07 Å². The van der Waals surface area contributed by atoms with E-state index in [4.69, 9.17) is 11.6 Å². The first kappa shape index (κ1) is 18.3. The van der Waals surface area contributed by atoms with Gasteiger partial charge in [-0.3, -0.25) is 9.52 Å². The molecule has 0 aliphatic heterocycles. The third kappa shape index (κ3) is 4.97. The third-order valence-electron chi connectivity index (χ3n) is 3.49. The number of benzene rings is 2. The Morgan fingerprint density at radius 2 is 1.88 bits per heavy atom. The fourth-order valence-electron chi connectivity index (χ4n) is 2.21. The first-order chi connectivity index (χ1) is 11.2. The largest absolute Gasteiger partial charge is 0.346 e. The number of hydrogen-bond acceptors (Lipinski definition) is 3. The number of carbonyl (C=O) groups is 1. The van der Waals surface area contributed by atoms with Crippen LogP contribution in [-0.2, 0) is 10.0 Å². The molecule has 0 fully saturated rings. The zero-order valence-electron chi connectivity index (χ0n) is 13.6. The minimum Gasteiger partial charge on any atom is -0.346 e. The van der Waals surface area contributed by atoms with E-state index in [9.17, 15) is 13.2 Å². The number of amides is 1. The first-order valence-electron chi connectivity index (χ1n) is 7.30. The van der Waals surface area contributed by atoms with Crippen molar-refractivity contribution in [3.63, 3.8) is 0 Å². The molecule has 0 bridgehead atoms. The van der Waals surface area contributed by atoms with E-state index in [2.05, 4.69) is 10.0 Å². The lowest BCUT2D eigenvalue weighted by molar-refractivity contribution is 0.0940.